The molecule has 0 aliphatic heterocycles. The second-order valence-electron chi connectivity index (χ2n) is 5.38. The Morgan fingerprint density at radius 1 is 1.05 bits per heavy atom. The SMILES string of the molecule is CCCCCCCCCNC(=O)/C=C/c1c(Cl)cccc1Cl. The van der Waals surface area contributed by atoms with Gasteiger partial charge in [0.05, 0.1) is 0 Å². The Hall–Kier alpha value is -0.990. The number of hydrogen-bond donors (Lipinski definition) is 1. The lowest BCUT2D eigenvalue weighted by Crippen LogP contribution is -2.21. The van der Waals surface area contributed by atoms with Crippen LogP contribution in [-0.4, -0.2) is 12.5 Å². The van der Waals surface area contributed by atoms with Crippen LogP contribution in [0.2, 0.25) is 10.0 Å². The highest BCUT2D eigenvalue weighted by Gasteiger charge is 2.02. The summed E-state index contributed by atoms with van der Waals surface area (Å²) in [6.45, 7) is 2.94. The van der Waals surface area contributed by atoms with Crippen molar-refractivity contribution in [3.8, 4) is 0 Å². The van der Waals surface area contributed by atoms with Crippen molar-refractivity contribution in [1.82, 2.24) is 5.32 Å². The minimum Gasteiger partial charge on any atom is -0.353 e. The van der Waals surface area contributed by atoms with Crippen molar-refractivity contribution in [1.29, 1.82) is 0 Å². The van der Waals surface area contributed by atoms with Crippen molar-refractivity contribution < 1.29 is 4.79 Å². The molecule has 1 rings (SSSR count). The van der Waals surface area contributed by atoms with E-state index in [4.69, 9.17) is 23.2 Å². The zero-order chi connectivity index (χ0) is 16.2. The van der Waals surface area contributed by atoms with E-state index in [2.05, 4.69) is 12.2 Å². The molecule has 0 spiro atoms. The third-order valence-electron chi connectivity index (χ3n) is 3.48. The van der Waals surface area contributed by atoms with Crippen molar-refractivity contribution >= 4 is 35.2 Å². The molecule has 1 N–H and O–H groups in total. The molecule has 0 saturated carbocycles. The van der Waals surface area contributed by atoms with Gasteiger partial charge >= 0.3 is 0 Å². The van der Waals surface area contributed by atoms with Crippen molar-refractivity contribution in [2.75, 3.05) is 6.54 Å². The molecule has 0 radical (unpaired) electrons. The Morgan fingerprint density at radius 3 is 2.27 bits per heavy atom. The second-order valence-corrected chi connectivity index (χ2v) is 6.20. The number of benzene rings is 1. The molecule has 4 heteroatoms. The average Bonchev–Trinajstić information content (AvgIpc) is 2.49. The molecule has 1 aromatic rings. The van der Waals surface area contributed by atoms with Crippen LogP contribution in [0.3, 0.4) is 0 Å². The van der Waals surface area contributed by atoms with Crippen LogP contribution in [0.1, 0.15) is 57.4 Å². The van der Waals surface area contributed by atoms with Crippen LogP contribution >= 0.6 is 23.2 Å². The second kappa shape index (κ2) is 11.6. The van der Waals surface area contributed by atoms with Crippen LogP contribution < -0.4 is 5.32 Å². The van der Waals surface area contributed by atoms with E-state index in [9.17, 15) is 4.79 Å². The quantitative estimate of drug-likeness (QED) is 0.418. The third-order valence-corrected chi connectivity index (χ3v) is 4.14. The van der Waals surface area contributed by atoms with Crippen molar-refractivity contribution in [3.05, 3.63) is 39.9 Å². The highest BCUT2D eigenvalue weighted by atomic mass is 35.5. The number of carbonyl (C=O) groups excluding carboxylic acids is 1. The highest BCUT2D eigenvalue weighted by molar-refractivity contribution is 6.37. The molecule has 0 unspecified atom stereocenters. The fraction of sp³-hybridized carbons (Fsp3) is 0.500. The van der Waals surface area contributed by atoms with Gasteiger partial charge in [-0.3, -0.25) is 4.79 Å². The predicted octanol–water partition coefficient (Wildman–Crippen LogP) is 5.87. The molecule has 2 nitrogen and oxygen atoms in total. The number of rotatable bonds is 10. The van der Waals surface area contributed by atoms with Crippen LogP contribution in [0.5, 0.6) is 0 Å². The van der Waals surface area contributed by atoms with Gasteiger partial charge in [0.2, 0.25) is 5.91 Å². The molecule has 0 atom stereocenters. The van der Waals surface area contributed by atoms with Crippen LogP contribution in [0.4, 0.5) is 0 Å². The fourth-order valence-electron chi connectivity index (χ4n) is 2.18. The standard InChI is InChI=1S/C18H25Cl2NO/c1-2-3-4-5-6-7-8-14-21-18(22)13-12-15-16(19)10-9-11-17(15)20/h9-13H,2-8,14H2,1H3,(H,21,22)/b13-12+. The van der Waals surface area contributed by atoms with Gasteiger partial charge < -0.3 is 5.32 Å². The molecule has 0 heterocycles. The van der Waals surface area contributed by atoms with Crippen molar-refractivity contribution in [2.24, 2.45) is 0 Å². The Kier molecular flexibility index (Phi) is 10.0. The zero-order valence-corrected chi connectivity index (χ0v) is 14.7. The summed E-state index contributed by atoms with van der Waals surface area (Å²) in [4.78, 5) is 11.7. The molecular formula is C18H25Cl2NO. The average molecular weight is 342 g/mol. The van der Waals surface area contributed by atoms with Gasteiger partial charge in [0, 0.05) is 28.2 Å². The van der Waals surface area contributed by atoms with Crippen molar-refractivity contribution in [3.63, 3.8) is 0 Å². The van der Waals surface area contributed by atoms with Gasteiger partial charge in [-0.2, -0.15) is 0 Å². The molecule has 0 aliphatic carbocycles. The summed E-state index contributed by atoms with van der Waals surface area (Å²) in [5.41, 5.74) is 0.678. The van der Waals surface area contributed by atoms with E-state index in [0.717, 1.165) is 6.42 Å². The maximum Gasteiger partial charge on any atom is 0.244 e. The molecule has 122 valence electrons. The Morgan fingerprint density at radius 2 is 1.64 bits per heavy atom. The molecule has 1 amide bonds. The first-order chi connectivity index (χ1) is 10.6. The predicted molar refractivity (Wildman–Crippen MR) is 96.5 cm³/mol. The summed E-state index contributed by atoms with van der Waals surface area (Å²) in [6.07, 6.45) is 11.8. The molecule has 22 heavy (non-hydrogen) atoms. The van der Waals surface area contributed by atoms with Gasteiger partial charge in [-0.25, -0.2) is 0 Å². The van der Waals surface area contributed by atoms with Crippen LogP contribution in [0.25, 0.3) is 6.08 Å². The first kappa shape index (κ1) is 19.1. The minimum absolute atomic E-state index is 0.109. The molecule has 0 fully saturated rings. The van der Waals surface area contributed by atoms with Gasteiger partial charge in [0.15, 0.2) is 0 Å². The summed E-state index contributed by atoms with van der Waals surface area (Å²) >= 11 is 12.1. The highest BCUT2D eigenvalue weighted by Crippen LogP contribution is 2.25. The number of halogens is 2. The topological polar surface area (TPSA) is 29.1 Å². The molecule has 0 aliphatic rings. The Labute approximate surface area is 143 Å². The number of hydrogen-bond acceptors (Lipinski definition) is 1. The fourth-order valence-corrected chi connectivity index (χ4v) is 2.71. The lowest BCUT2D eigenvalue weighted by Gasteiger charge is -2.03. The summed E-state index contributed by atoms with van der Waals surface area (Å²) in [5.74, 6) is -0.109. The number of amides is 1. The maximum atomic E-state index is 11.7. The van der Waals surface area contributed by atoms with Gasteiger partial charge in [-0.05, 0) is 24.6 Å². The van der Waals surface area contributed by atoms with Crippen LogP contribution in [-0.2, 0) is 4.79 Å². The summed E-state index contributed by atoms with van der Waals surface area (Å²) in [7, 11) is 0. The minimum atomic E-state index is -0.109. The maximum absolute atomic E-state index is 11.7. The molecule has 0 aromatic heterocycles. The molecular weight excluding hydrogens is 317 g/mol. The van der Waals surface area contributed by atoms with E-state index in [0.29, 0.717) is 22.2 Å². The first-order valence-corrected chi connectivity index (χ1v) is 8.80. The third kappa shape index (κ3) is 7.86. The largest absolute Gasteiger partial charge is 0.353 e. The normalized spacial score (nSPS) is 11.0. The molecule has 0 bridgehead atoms. The first-order valence-electron chi connectivity index (χ1n) is 8.05. The Bertz CT molecular complexity index is 466. The van der Waals surface area contributed by atoms with E-state index in [1.54, 1.807) is 24.3 Å². The van der Waals surface area contributed by atoms with E-state index in [1.807, 2.05) is 0 Å². The summed E-state index contributed by atoms with van der Waals surface area (Å²) in [6, 6.07) is 5.29. The van der Waals surface area contributed by atoms with E-state index < -0.39 is 0 Å². The number of nitrogens with one attached hydrogen (secondary N) is 1. The van der Waals surface area contributed by atoms with Gasteiger partial charge in [0.1, 0.15) is 0 Å². The summed E-state index contributed by atoms with van der Waals surface area (Å²) < 4.78 is 0. The summed E-state index contributed by atoms with van der Waals surface area (Å²) in [5, 5.41) is 3.97. The van der Waals surface area contributed by atoms with Crippen LogP contribution in [0, 0.1) is 0 Å². The number of carbonyl (C=O) groups is 1. The lowest BCUT2D eigenvalue weighted by atomic mass is 10.1. The van der Waals surface area contributed by atoms with Gasteiger partial charge in [-0.1, -0.05) is 74.7 Å². The van der Waals surface area contributed by atoms with E-state index in [-0.39, 0.29) is 5.91 Å². The molecule has 0 saturated heterocycles. The Balaban J connectivity index is 2.20. The zero-order valence-electron chi connectivity index (χ0n) is 13.2. The van der Waals surface area contributed by atoms with Crippen LogP contribution in [0.15, 0.2) is 24.3 Å². The molecule has 1 aromatic carbocycles. The smallest absolute Gasteiger partial charge is 0.244 e. The van der Waals surface area contributed by atoms with Gasteiger partial charge in [0.25, 0.3) is 0 Å². The van der Waals surface area contributed by atoms with E-state index in [1.165, 1.54) is 44.6 Å². The number of unbranched alkanes of at least 4 members (excludes halogenated alkanes) is 6. The van der Waals surface area contributed by atoms with Gasteiger partial charge in [-0.15, -0.1) is 0 Å². The van der Waals surface area contributed by atoms with E-state index >= 15 is 0 Å². The van der Waals surface area contributed by atoms with Crippen molar-refractivity contribution in [2.45, 2.75) is 51.9 Å². The monoisotopic (exact) mass is 341 g/mol. The lowest BCUT2D eigenvalue weighted by molar-refractivity contribution is -0.116.